The maximum absolute atomic E-state index is 12.1. The smallest absolute Gasteiger partial charge is 0.238 e. The second-order valence-electron chi connectivity index (χ2n) is 6.31. The molecular formula is C19H25N3O4S. The van der Waals surface area contributed by atoms with Crippen molar-refractivity contribution >= 4 is 15.9 Å². The van der Waals surface area contributed by atoms with Crippen molar-refractivity contribution in [3.8, 4) is 5.75 Å². The number of primary sulfonamides is 1. The topological polar surface area (TPSA) is 102 Å². The monoisotopic (exact) mass is 391 g/mol. The van der Waals surface area contributed by atoms with Gasteiger partial charge in [-0.1, -0.05) is 24.3 Å². The molecule has 0 radical (unpaired) electrons. The largest absolute Gasteiger partial charge is 0.497 e. The Morgan fingerprint density at radius 2 is 1.85 bits per heavy atom. The van der Waals surface area contributed by atoms with Gasteiger partial charge in [-0.3, -0.25) is 9.69 Å². The number of rotatable bonds is 9. The van der Waals surface area contributed by atoms with Gasteiger partial charge < -0.3 is 10.1 Å². The molecule has 0 heterocycles. The highest BCUT2D eigenvalue weighted by Crippen LogP contribution is 2.13. The molecule has 0 aliphatic carbocycles. The Morgan fingerprint density at radius 3 is 2.48 bits per heavy atom. The van der Waals surface area contributed by atoms with Gasteiger partial charge in [-0.15, -0.1) is 0 Å². The third-order valence-corrected chi connectivity index (χ3v) is 4.92. The lowest BCUT2D eigenvalue weighted by molar-refractivity contribution is -0.122. The first kappa shape index (κ1) is 20.9. The summed E-state index contributed by atoms with van der Waals surface area (Å²) in [5.41, 5.74) is 1.99. The highest BCUT2D eigenvalue weighted by atomic mass is 32.2. The summed E-state index contributed by atoms with van der Waals surface area (Å²) in [6, 6.07) is 14.1. The van der Waals surface area contributed by atoms with Crippen LogP contribution in [0.4, 0.5) is 0 Å². The van der Waals surface area contributed by atoms with E-state index in [0.29, 0.717) is 19.5 Å². The molecule has 0 aliphatic rings. The Kier molecular flexibility index (Phi) is 7.35. The number of nitrogens with zero attached hydrogens (tertiary/aromatic N) is 1. The van der Waals surface area contributed by atoms with Crippen LogP contribution in [0.25, 0.3) is 0 Å². The number of hydrogen-bond acceptors (Lipinski definition) is 5. The summed E-state index contributed by atoms with van der Waals surface area (Å²) in [6.07, 6.45) is 0.607. The summed E-state index contributed by atoms with van der Waals surface area (Å²) in [7, 11) is -0.177. The van der Waals surface area contributed by atoms with Crippen molar-refractivity contribution in [3.05, 3.63) is 59.7 Å². The number of nitrogens with two attached hydrogens (primary N) is 1. The first-order chi connectivity index (χ1) is 12.8. The number of sulfonamides is 1. The van der Waals surface area contributed by atoms with Crippen LogP contribution in [-0.2, 0) is 27.8 Å². The number of amides is 1. The summed E-state index contributed by atoms with van der Waals surface area (Å²) in [4.78, 5) is 14.1. The lowest BCUT2D eigenvalue weighted by Crippen LogP contribution is -2.35. The molecule has 0 unspecified atom stereocenters. The first-order valence-corrected chi connectivity index (χ1v) is 10.0. The molecule has 7 nitrogen and oxygen atoms in total. The Morgan fingerprint density at radius 1 is 1.15 bits per heavy atom. The quantitative estimate of drug-likeness (QED) is 0.667. The van der Waals surface area contributed by atoms with Gasteiger partial charge in [0.25, 0.3) is 0 Å². The molecule has 2 aromatic carbocycles. The highest BCUT2D eigenvalue weighted by Gasteiger charge is 2.09. The van der Waals surface area contributed by atoms with Crippen molar-refractivity contribution in [2.45, 2.75) is 17.9 Å². The molecule has 2 rings (SSSR count). The predicted molar refractivity (Wildman–Crippen MR) is 104 cm³/mol. The van der Waals surface area contributed by atoms with E-state index in [1.807, 2.05) is 36.2 Å². The van der Waals surface area contributed by atoms with Crippen LogP contribution in [0.3, 0.4) is 0 Å². The lowest BCUT2D eigenvalue weighted by Gasteiger charge is -2.17. The fraction of sp³-hybridized carbons (Fsp3) is 0.316. The summed E-state index contributed by atoms with van der Waals surface area (Å²) < 4.78 is 27.7. The third kappa shape index (κ3) is 7.01. The standard InChI is InChI=1S/C19H25N3O4S/c1-22(13-16-4-3-5-17(12-16)26-2)14-19(23)21-11-10-15-6-8-18(9-7-15)27(20,24)25/h3-9,12H,10-11,13-14H2,1-2H3,(H,21,23)(H2,20,24,25). The molecule has 0 saturated carbocycles. The van der Waals surface area contributed by atoms with E-state index in [9.17, 15) is 13.2 Å². The minimum atomic E-state index is -3.68. The second-order valence-corrected chi connectivity index (χ2v) is 7.87. The number of hydrogen-bond donors (Lipinski definition) is 2. The summed E-state index contributed by atoms with van der Waals surface area (Å²) in [5, 5.41) is 7.93. The van der Waals surface area contributed by atoms with Crippen LogP contribution < -0.4 is 15.2 Å². The number of likely N-dealkylation sites (N-methyl/N-ethyl adjacent to an activating group) is 1. The molecule has 0 atom stereocenters. The van der Waals surface area contributed by atoms with Crippen LogP contribution in [0.15, 0.2) is 53.4 Å². The van der Waals surface area contributed by atoms with Gasteiger partial charge in [-0.2, -0.15) is 0 Å². The van der Waals surface area contributed by atoms with E-state index in [2.05, 4.69) is 5.32 Å². The van der Waals surface area contributed by atoms with Crippen molar-refractivity contribution in [1.29, 1.82) is 0 Å². The number of ether oxygens (including phenoxy) is 1. The Labute approximate surface area is 160 Å². The van der Waals surface area contributed by atoms with Crippen LogP contribution in [-0.4, -0.2) is 46.5 Å². The zero-order valence-electron chi connectivity index (χ0n) is 15.5. The van der Waals surface area contributed by atoms with E-state index < -0.39 is 10.0 Å². The molecule has 0 aromatic heterocycles. The summed E-state index contributed by atoms with van der Waals surface area (Å²) >= 11 is 0. The fourth-order valence-electron chi connectivity index (χ4n) is 2.63. The molecule has 0 aliphatic heterocycles. The number of carbonyl (C=O) groups excluding carboxylic acids is 1. The molecular weight excluding hydrogens is 366 g/mol. The average Bonchev–Trinajstić information content (AvgIpc) is 2.61. The molecule has 0 spiro atoms. The van der Waals surface area contributed by atoms with E-state index in [1.54, 1.807) is 19.2 Å². The van der Waals surface area contributed by atoms with Crippen molar-refractivity contribution in [3.63, 3.8) is 0 Å². The van der Waals surface area contributed by atoms with Gasteiger partial charge in [0.05, 0.1) is 18.6 Å². The molecule has 0 bridgehead atoms. The maximum atomic E-state index is 12.1. The van der Waals surface area contributed by atoms with Crippen molar-refractivity contribution in [2.24, 2.45) is 5.14 Å². The van der Waals surface area contributed by atoms with E-state index in [4.69, 9.17) is 9.88 Å². The zero-order valence-corrected chi connectivity index (χ0v) is 16.3. The Bertz CT molecular complexity index is 867. The van der Waals surface area contributed by atoms with Crippen LogP contribution >= 0.6 is 0 Å². The number of methoxy groups -OCH3 is 1. The molecule has 146 valence electrons. The lowest BCUT2D eigenvalue weighted by atomic mass is 10.1. The van der Waals surface area contributed by atoms with Crippen LogP contribution in [0, 0.1) is 0 Å². The number of nitrogens with one attached hydrogen (secondary N) is 1. The fourth-order valence-corrected chi connectivity index (χ4v) is 3.15. The van der Waals surface area contributed by atoms with Gasteiger partial charge in [-0.05, 0) is 48.9 Å². The van der Waals surface area contributed by atoms with Crippen LogP contribution in [0.1, 0.15) is 11.1 Å². The molecule has 27 heavy (non-hydrogen) atoms. The van der Waals surface area contributed by atoms with Gasteiger partial charge in [0, 0.05) is 13.1 Å². The van der Waals surface area contributed by atoms with Gasteiger partial charge in [0.1, 0.15) is 5.75 Å². The van der Waals surface area contributed by atoms with Gasteiger partial charge in [0.15, 0.2) is 0 Å². The third-order valence-electron chi connectivity index (χ3n) is 3.99. The van der Waals surface area contributed by atoms with Crippen molar-refractivity contribution in [1.82, 2.24) is 10.2 Å². The molecule has 0 saturated heterocycles. The number of carbonyl (C=O) groups is 1. The first-order valence-electron chi connectivity index (χ1n) is 8.48. The van der Waals surface area contributed by atoms with E-state index in [-0.39, 0.29) is 17.3 Å². The SMILES string of the molecule is COc1cccc(CN(C)CC(=O)NCCc2ccc(S(N)(=O)=O)cc2)c1. The van der Waals surface area contributed by atoms with Gasteiger partial charge in [-0.25, -0.2) is 13.6 Å². The minimum Gasteiger partial charge on any atom is -0.497 e. The second kappa shape index (κ2) is 9.50. The molecule has 1 amide bonds. The van der Waals surface area contributed by atoms with E-state index >= 15 is 0 Å². The van der Waals surface area contributed by atoms with Gasteiger partial charge in [0.2, 0.25) is 15.9 Å². The normalized spacial score (nSPS) is 11.4. The molecule has 0 fully saturated rings. The molecule has 8 heteroatoms. The maximum Gasteiger partial charge on any atom is 0.238 e. The van der Waals surface area contributed by atoms with E-state index in [1.165, 1.54) is 12.1 Å². The average molecular weight is 391 g/mol. The molecule has 3 N–H and O–H groups in total. The van der Waals surface area contributed by atoms with Crippen LogP contribution in [0.2, 0.25) is 0 Å². The van der Waals surface area contributed by atoms with Gasteiger partial charge >= 0.3 is 0 Å². The molecule has 2 aromatic rings. The van der Waals surface area contributed by atoms with E-state index in [0.717, 1.165) is 16.9 Å². The minimum absolute atomic E-state index is 0.0680. The number of benzene rings is 2. The Hall–Kier alpha value is -2.42. The zero-order chi connectivity index (χ0) is 19.9. The van der Waals surface area contributed by atoms with Crippen molar-refractivity contribution in [2.75, 3.05) is 27.2 Å². The van der Waals surface area contributed by atoms with Crippen LogP contribution in [0.5, 0.6) is 5.75 Å². The van der Waals surface area contributed by atoms with Crippen molar-refractivity contribution < 1.29 is 17.9 Å². The highest BCUT2D eigenvalue weighted by molar-refractivity contribution is 7.89. The summed E-state index contributed by atoms with van der Waals surface area (Å²) in [6.45, 7) is 1.39. The summed E-state index contributed by atoms with van der Waals surface area (Å²) in [5.74, 6) is 0.723. The Balaban J connectivity index is 1.75. The predicted octanol–water partition coefficient (Wildman–Crippen LogP) is 1.13.